The van der Waals surface area contributed by atoms with Crippen LogP contribution in [0.5, 0.6) is 0 Å². The summed E-state index contributed by atoms with van der Waals surface area (Å²) in [6.07, 6.45) is 1.53. The van der Waals surface area contributed by atoms with Crippen LogP contribution in [-0.2, 0) is 14.3 Å². The molecule has 0 bridgehead atoms. The molecule has 0 unspecified atom stereocenters. The number of rotatable bonds is 8. The van der Waals surface area contributed by atoms with Gasteiger partial charge in [-0.1, -0.05) is 26.0 Å². The zero-order valence-corrected chi connectivity index (χ0v) is 16.0. The third kappa shape index (κ3) is 6.11. The van der Waals surface area contributed by atoms with Gasteiger partial charge in [-0.05, 0) is 36.5 Å². The summed E-state index contributed by atoms with van der Waals surface area (Å²) in [5.74, 6) is 0.403. The quantitative estimate of drug-likeness (QED) is 0.720. The van der Waals surface area contributed by atoms with Crippen molar-refractivity contribution in [2.45, 2.75) is 38.6 Å². The van der Waals surface area contributed by atoms with Crippen LogP contribution in [-0.4, -0.2) is 62.8 Å². The van der Waals surface area contributed by atoms with Gasteiger partial charge in [0.15, 0.2) is 0 Å². The number of methoxy groups -OCH3 is 1. The van der Waals surface area contributed by atoms with Gasteiger partial charge in [0.05, 0.1) is 13.2 Å². The van der Waals surface area contributed by atoms with E-state index >= 15 is 0 Å². The first kappa shape index (κ1) is 20.4. The fraction of sp³-hybridized carbons (Fsp3) is 0.600. The molecule has 1 aliphatic rings. The third-order valence-corrected chi connectivity index (χ3v) is 4.64. The predicted octanol–water partition coefficient (Wildman–Crippen LogP) is 2.19. The van der Waals surface area contributed by atoms with E-state index in [9.17, 15) is 9.59 Å². The van der Waals surface area contributed by atoms with Crippen LogP contribution in [0.25, 0.3) is 0 Å². The van der Waals surface area contributed by atoms with E-state index in [1.165, 1.54) is 5.56 Å². The predicted molar refractivity (Wildman–Crippen MR) is 100 cm³/mol. The maximum Gasteiger partial charge on any atom is 0.253 e. The number of carbonyl (C=O) groups excluding carboxylic acids is 2. The molecular formula is C20H30N2O4. The molecule has 26 heavy (non-hydrogen) atoms. The smallest absolute Gasteiger partial charge is 0.253 e. The number of likely N-dealkylation sites (tertiary alicyclic amines) is 1. The van der Waals surface area contributed by atoms with Crippen molar-refractivity contribution in [3.8, 4) is 0 Å². The fourth-order valence-electron chi connectivity index (χ4n) is 3.00. The number of benzene rings is 1. The Bertz CT molecular complexity index is 578. The summed E-state index contributed by atoms with van der Waals surface area (Å²) >= 11 is 0. The maximum absolute atomic E-state index is 12.6. The Kier molecular flexibility index (Phi) is 8.06. The number of carbonyl (C=O) groups is 2. The molecule has 1 aliphatic heterocycles. The zero-order valence-electron chi connectivity index (χ0n) is 16.0. The molecule has 6 heteroatoms. The number of hydrogen-bond acceptors (Lipinski definition) is 4. The van der Waals surface area contributed by atoms with Crippen LogP contribution in [0.3, 0.4) is 0 Å². The van der Waals surface area contributed by atoms with Crippen molar-refractivity contribution in [2.75, 3.05) is 40.0 Å². The molecule has 6 nitrogen and oxygen atoms in total. The Hall–Kier alpha value is -1.92. The topological polar surface area (TPSA) is 67.9 Å². The lowest BCUT2D eigenvalue weighted by Gasteiger charge is -2.32. The number of nitrogens with one attached hydrogen (secondary N) is 1. The molecule has 1 heterocycles. The highest BCUT2D eigenvalue weighted by Crippen LogP contribution is 2.18. The van der Waals surface area contributed by atoms with E-state index in [0.29, 0.717) is 32.2 Å². The lowest BCUT2D eigenvalue weighted by molar-refractivity contribution is -0.127. The normalized spacial score (nSPS) is 15.3. The van der Waals surface area contributed by atoms with Gasteiger partial charge < -0.3 is 19.7 Å². The number of piperidine rings is 1. The molecule has 1 aromatic rings. The average molecular weight is 362 g/mol. The van der Waals surface area contributed by atoms with Gasteiger partial charge in [0.2, 0.25) is 5.91 Å². The number of hydrogen-bond donors (Lipinski definition) is 1. The zero-order chi connectivity index (χ0) is 18.9. The fourth-order valence-corrected chi connectivity index (χ4v) is 3.00. The minimum absolute atomic E-state index is 0.0463. The van der Waals surface area contributed by atoms with Crippen molar-refractivity contribution in [1.29, 1.82) is 0 Å². The molecule has 1 fully saturated rings. The van der Waals surface area contributed by atoms with E-state index in [-0.39, 0.29) is 24.5 Å². The van der Waals surface area contributed by atoms with Gasteiger partial charge in [-0.2, -0.15) is 0 Å². The van der Waals surface area contributed by atoms with Gasteiger partial charge in [-0.3, -0.25) is 9.59 Å². The van der Waals surface area contributed by atoms with Gasteiger partial charge in [0, 0.05) is 31.8 Å². The standard InChI is InChI=1S/C20H30N2O4/c1-15(2)16-4-6-17(7-5-16)20(24)22-10-8-18(9-11-22)21-19(23)14-26-13-12-25-3/h4-7,15,18H,8-14H2,1-3H3,(H,21,23). The van der Waals surface area contributed by atoms with E-state index < -0.39 is 0 Å². The van der Waals surface area contributed by atoms with Crippen LogP contribution in [0.1, 0.15) is 48.5 Å². The van der Waals surface area contributed by atoms with Crippen LogP contribution in [0.4, 0.5) is 0 Å². The Labute approximate surface area is 155 Å². The third-order valence-electron chi connectivity index (χ3n) is 4.64. The summed E-state index contributed by atoms with van der Waals surface area (Å²) < 4.78 is 10.1. The van der Waals surface area contributed by atoms with Crippen molar-refractivity contribution in [2.24, 2.45) is 0 Å². The maximum atomic E-state index is 12.6. The Morgan fingerprint density at radius 1 is 1.15 bits per heavy atom. The van der Waals surface area contributed by atoms with Gasteiger partial charge >= 0.3 is 0 Å². The monoisotopic (exact) mass is 362 g/mol. The molecule has 0 saturated carbocycles. The van der Waals surface area contributed by atoms with Crippen molar-refractivity contribution < 1.29 is 19.1 Å². The van der Waals surface area contributed by atoms with Crippen molar-refractivity contribution in [1.82, 2.24) is 10.2 Å². The van der Waals surface area contributed by atoms with E-state index in [4.69, 9.17) is 9.47 Å². The molecule has 0 atom stereocenters. The van der Waals surface area contributed by atoms with E-state index in [2.05, 4.69) is 19.2 Å². The number of ether oxygens (including phenoxy) is 2. The van der Waals surface area contributed by atoms with Crippen LogP contribution in [0, 0.1) is 0 Å². The van der Waals surface area contributed by atoms with Crippen LogP contribution in [0.15, 0.2) is 24.3 Å². The second-order valence-electron chi connectivity index (χ2n) is 6.96. The SMILES string of the molecule is COCCOCC(=O)NC1CCN(C(=O)c2ccc(C(C)C)cc2)CC1. The summed E-state index contributed by atoms with van der Waals surface area (Å²) in [5.41, 5.74) is 1.96. The molecule has 144 valence electrons. The molecule has 1 aromatic carbocycles. The molecular weight excluding hydrogens is 332 g/mol. The average Bonchev–Trinajstić information content (AvgIpc) is 2.65. The minimum atomic E-state index is -0.116. The highest BCUT2D eigenvalue weighted by Gasteiger charge is 2.24. The minimum Gasteiger partial charge on any atom is -0.382 e. The van der Waals surface area contributed by atoms with Crippen LogP contribution >= 0.6 is 0 Å². The molecule has 0 radical (unpaired) electrons. The first-order valence-corrected chi connectivity index (χ1v) is 9.26. The Balaban J connectivity index is 1.75. The van der Waals surface area contributed by atoms with Gasteiger partial charge in [-0.25, -0.2) is 0 Å². The summed E-state index contributed by atoms with van der Waals surface area (Å²) in [7, 11) is 1.59. The highest BCUT2D eigenvalue weighted by molar-refractivity contribution is 5.94. The summed E-state index contributed by atoms with van der Waals surface area (Å²) in [5, 5.41) is 2.97. The van der Waals surface area contributed by atoms with Crippen LogP contribution in [0.2, 0.25) is 0 Å². The number of nitrogens with zero attached hydrogens (tertiary/aromatic N) is 1. The highest BCUT2D eigenvalue weighted by atomic mass is 16.5. The van der Waals surface area contributed by atoms with E-state index in [1.54, 1.807) is 7.11 Å². The summed E-state index contributed by atoms with van der Waals surface area (Å²) in [6, 6.07) is 7.95. The molecule has 1 saturated heterocycles. The summed E-state index contributed by atoms with van der Waals surface area (Å²) in [4.78, 5) is 26.3. The lowest BCUT2D eigenvalue weighted by Crippen LogP contribution is -2.47. The Morgan fingerprint density at radius 3 is 2.38 bits per heavy atom. The van der Waals surface area contributed by atoms with Crippen LogP contribution < -0.4 is 5.32 Å². The van der Waals surface area contributed by atoms with E-state index in [1.807, 2.05) is 29.2 Å². The first-order chi connectivity index (χ1) is 12.5. The van der Waals surface area contributed by atoms with Gasteiger partial charge in [0.1, 0.15) is 6.61 Å². The molecule has 1 N–H and O–H groups in total. The molecule has 0 aromatic heterocycles. The van der Waals surface area contributed by atoms with Crippen molar-refractivity contribution >= 4 is 11.8 Å². The second-order valence-corrected chi connectivity index (χ2v) is 6.96. The molecule has 0 aliphatic carbocycles. The molecule has 2 rings (SSSR count). The van der Waals surface area contributed by atoms with Crippen molar-refractivity contribution in [3.63, 3.8) is 0 Å². The largest absolute Gasteiger partial charge is 0.382 e. The van der Waals surface area contributed by atoms with Gasteiger partial charge in [0.25, 0.3) is 5.91 Å². The second kappa shape index (κ2) is 10.3. The lowest BCUT2D eigenvalue weighted by atomic mass is 10.0. The summed E-state index contributed by atoms with van der Waals surface area (Å²) in [6.45, 7) is 6.51. The van der Waals surface area contributed by atoms with Gasteiger partial charge in [-0.15, -0.1) is 0 Å². The molecule has 0 spiro atoms. The van der Waals surface area contributed by atoms with Crippen molar-refractivity contribution in [3.05, 3.63) is 35.4 Å². The first-order valence-electron chi connectivity index (χ1n) is 9.26. The Morgan fingerprint density at radius 2 is 1.81 bits per heavy atom. The molecule has 2 amide bonds. The number of amides is 2. The van der Waals surface area contributed by atoms with E-state index in [0.717, 1.165) is 18.4 Å².